The second-order valence-corrected chi connectivity index (χ2v) is 7.56. The Kier molecular flexibility index (Phi) is 3.37. The van der Waals surface area contributed by atoms with E-state index < -0.39 is 37.0 Å². The number of sulfone groups is 1. The Balaban J connectivity index is 2.85. The summed E-state index contributed by atoms with van der Waals surface area (Å²) in [6.45, 7) is 4.82. The van der Waals surface area contributed by atoms with Gasteiger partial charge in [-0.25, -0.2) is 13.2 Å². The molecule has 0 aromatic heterocycles. The molecule has 1 fully saturated rings. The van der Waals surface area contributed by atoms with Gasteiger partial charge in [-0.2, -0.15) is 0 Å². The van der Waals surface area contributed by atoms with Crippen molar-refractivity contribution in [1.82, 2.24) is 5.32 Å². The molecular weight excluding hydrogens is 255 g/mol. The largest absolute Gasteiger partial charge is 0.444 e. The van der Waals surface area contributed by atoms with Crippen LogP contribution in [-0.2, 0) is 14.6 Å². The molecule has 1 amide bonds. The summed E-state index contributed by atoms with van der Waals surface area (Å²) in [5.74, 6) is 0. The predicted molar refractivity (Wildman–Crippen MR) is 67.0 cm³/mol. The van der Waals surface area contributed by atoms with Crippen molar-refractivity contribution in [2.45, 2.75) is 41.8 Å². The third-order valence-electron chi connectivity index (χ3n) is 2.42. The van der Waals surface area contributed by atoms with Crippen molar-refractivity contribution in [2.75, 3.05) is 0 Å². The Bertz CT molecular complexity index is 446. The molecule has 0 bridgehead atoms. The normalized spacial score (nSPS) is 33.2. The molecule has 1 aliphatic heterocycles. The highest BCUT2D eigenvalue weighted by atomic mass is 32.2. The third kappa shape index (κ3) is 2.16. The monoisotopic (exact) mass is 267 g/mol. The third-order valence-corrected chi connectivity index (χ3v) is 4.69. The second kappa shape index (κ2) is 3.93. The van der Waals surface area contributed by atoms with Crippen molar-refractivity contribution in [3.05, 3.63) is 0 Å². The number of nitrogens with one attached hydrogen (secondary N) is 1. The van der Waals surface area contributed by atoms with E-state index in [0.717, 1.165) is 0 Å². The van der Waals surface area contributed by atoms with E-state index in [0.29, 0.717) is 0 Å². The topological polar surface area (TPSA) is 92.7 Å². The van der Waals surface area contributed by atoms with Crippen molar-refractivity contribution < 1.29 is 23.1 Å². The first-order chi connectivity index (χ1) is 7.73. The van der Waals surface area contributed by atoms with Crippen LogP contribution in [-0.4, -0.2) is 64.2 Å². The molecule has 6 nitrogen and oxygen atoms in total. The van der Waals surface area contributed by atoms with Crippen LogP contribution in [0, 0.1) is 0 Å². The molecule has 2 N–H and O–H groups in total. The van der Waals surface area contributed by atoms with Crippen molar-refractivity contribution in [3.8, 4) is 0 Å². The fraction of sp³-hybridized carbons (Fsp3) is 0.875. The first kappa shape index (κ1) is 15.4. The summed E-state index contributed by atoms with van der Waals surface area (Å²) < 4.78 is 25.4. The molecule has 0 spiro atoms. The lowest BCUT2D eigenvalue weighted by Crippen LogP contribution is -2.83. The standard InChI is InChI=1S/C8H12B3NO5S/c1-6(2,3)17-5(13)12-4-7(9,10)18(15,16)8(4,11)14/h4,14H,1-3H3,(H,12,13). The summed E-state index contributed by atoms with van der Waals surface area (Å²) in [6.07, 6.45) is -0.980. The zero-order valence-corrected chi connectivity index (χ0v) is 11.1. The molecule has 2 atom stereocenters. The van der Waals surface area contributed by atoms with Crippen LogP contribution in [0.15, 0.2) is 0 Å². The highest BCUT2D eigenvalue weighted by Crippen LogP contribution is 2.41. The average molecular weight is 267 g/mol. The van der Waals surface area contributed by atoms with Crippen LogP contribution in [0.4, 0.5) is 4.79 Å². The van der Waals surface area contributed by atoms with Crippen LogP contribution in [0.3, 0.4) is 0 Å². The Labute approximate surface area is 110 Å². The van der Waals surface area contributed by atoms with Crippen LogP contribution in [0.2, 0.25) is 0 Å². The van der Waals surface area contributed by atoms with E-state index in [1.807, 2.05) is 5.32 Å². The fourth-order valence-corrected chi connectivity index (χ4v) is 2.99. The SMILES string of the molecule is [B]C1([B])C(NC(=O)OC(C)(C)C)C([B])(O)S1(=O)=O. The van der Waals surface area contributed by atoms with Gasteiger partial charge in [0.05, 0.1) is 21.7 Å². The quantitative estimate of drug-likeness (QED) is 0.542. The molecule has 1 aliphatic rings. The van der Waals surface area contributed by atoms with Gasteiger partial charge in [0, 0.05) is 4.55 Å². The summed E-state index contributed by atoms with van der Waals surface area (Å²) in [6, 6.07) is -1.56. The van der Waals surface area contributed by atoms with E-state index in [1.54, 1.807) is 20.8 Å². The number of rotatable bonds is 1. The molecule has 1 heterocycles. The maximum atomic E-state index is 11.5. The molecule has 6 radical (unpaired) electrons. The first-order valence-corrected chi connectivity index (χ1v) is 6.54. The second-order valence-electron chi connectivity index (χ2n) is 5.19. The van der Waals surface area contributed by atoms with Crippen LogP contribution < -0.4 is 5.32 Å². The molecular formula is C8H12B3NO5S. The van der Waals surface area contributed by atoms with Crippen molar-refractivity contribution in [1.29, 1.82) is 0 Å². The van der Waals surface area contributed by atoms with E-state index >= 15 is 0 Å². The highest BCUT2D eigenvalue weighted by Gasteiger charge is 2.68. The van der Waals surface area contributed by atoms with E-state index in [9.17, 15) is 18.3 Å². The van der Waals surface area contributed by atoms with Gasteiger partial charge in [-0.3, -0.25) is 0 Å². The van der Waals surface area contributed by atoms with Crippen molar-refractivity contribution >= 4 is 39.5 Å². The number of carbonyl (C=O) groups excluding carboxylic acids is 1. The number of carbonyl (C=O) groups is 1. The van der Waals surface area contributed by atoms with Gasteiger partial charge in [0.15, 0.2) is 9.84 Å². The van der Waals surface area contributed by atoms with Gasteiger partial charge < -0.3 is 15.2 Å². The highest BCUT2D eigenvalue weighted by molar-refractivity contribution is 7.99. The smallest absolute Gasteiger partial charge is 0.407 e. The van der Waals surface area contributed by atoms with Crippen molar-refractivity contribution in [2.24, 2.45) is 0 Å². The molecule has 1 rings (SSSR count). The lowest BCUT2D eigenvalue weighted by Gasteiger charge is -2.56. The van der Waals surface area contributed by atoms with Gasteiger partial charge in [0.1, 0.15) is 18.3 Å². The zero-order chi connectivity index (χ0) is 14.6. The minimum absolute atomic E-state index is 0.800. The number of ether oxygens (including phenoxy) is 1. The Morgan fingerprint density at radius 2 is 1.78 bits per heavy atom. The van der Waals surface area contributed by atoms with Gasteiger partial charge in [-0.15, -0.1) is 0 Å². The van der Waals surface area contributed by atoms with E-state index in [4.69, 9.17) is 28.3 Å². The maximum absolute atomic E-state index is 11.5. The molecule has 94 valence electrons. The number of aliphatic hydroxyl groups is 1. The summed E-state index contributed by atoms with van der Waals surface area (Å²) in [5.41, 5.74) is -0.800. The number of hydrogen-bond acceptors (Lipinski definition) is 5. The number of alkyl carbamates (subject to hydrolysis) is 1. The molecule has 0 saturated carbocycles. The minimum Gasteiger partial charge on any atom is -0.444 e. The predicted octanol–water partition coefficient (Wildman–Crippen LogP) is -1.89. The molecule has 0 aliphatic carbocycles. The number of hydrogen-bond donors (Lipinski definition) is 2. The minimum atomic E-state index is -4.36. The fourth-order valence-electron chi connectivity index (χ4n) is 1.50. The average Bonchev–Trinajstić information content (AvgIpc) is 2.09. The van der Waals surface area contributed by atoms with Crippen LogP contribution in [0.5, 0.6) is 0 Å². The molecule has 18 heavy (non-hydrogen) atoms. The molecule has 0 aromatic carbocycles. The summed E-state index contributed by atoms with van der Waals surface area (Å²) in [7, 11) is 11.4. The lowest BCUT2D eigenvalue weighted by molar-refractivity contribution is 0.0418. The van der Waals surface area contributed by atoms with E-state index in [1.165, 1.54) is 0 Å². The summed E-state index contributed by atoms with van der Waals surface area (Å²) >= 11 is 0. The molecule has 1 saturated heterocycles. The van der Waals surface area contributed by atoms with Crippen LogP contribution in [0.25, 0.3) is 0 Å². The molecule has 2 unspecified atom stereocenters. The van der Waals surface area contributed by atoms with E-state index in [-0.39, 0.29) is 0 Å². The Morgan fingerprint density at radius 3 is 2.11 bits per heavy atom. The Hall–Kier alpha value is -0.625. The van der Waals surface area contributed by atoms with Gasteiger partial charge in [0.25, 0.3) is 0 Å². The van der Waals surface area contributed by atoms with Crippen molar-refractivity contribution in [3.63, 3.8) is 0 Å². The molecule has 10 heteroatoms. The number of amides is 1. The lowest BCUT2D eigenvalue weighted by atomic mass is 9.59. The van der Waals surface area contributed by atoms with Gasteiger partial charge in [-0.1, -0.05) is 0 Å². The Morgan fingerprint density at radius 1 is 1.33 bits per heavy atom. The van der Waals surface area contributed by atoms with Crippen LogP contribution >= 0.6 is 0 Å². The summed E-state index contributed by atoms with van der Waals surface area (Å²) in [5, 5.41) is 11.6. The molecule has 0 aromatic rings. The van der Waals surface area contributed by atoms with Gasteiger partial charge in [-0.05, 0) is 20.8 Å². The zero-order valence-electron chi connectivity index (χ0n) is 10.3. The van der Waals surface area contributed by atoms with Gasteiger partial charge in [0.2, 0.25) is 0 Å². The van der Waals surface area contributed by atoms with Crippen LogP contribution in [0.1, 0.15) is 20.8 Å². The van der Waals surface area contributed by atoms with Gasteiger partial charge >= 0.3 is 6.09 Å². The first-order valence-electron chi connectivity index (χ1n) is 5.06. The maximum Gasteiger partial charge on any atom is 0.407 e. The van der Waals surface area contributed by atoms with E-state index in [2.05, 4.69) is 0 Å². The summed E-state index contributed by atoms with van der Waals surface area (Å²) in [4.78, 5) is 8.73.